The van der Waals surface area contributed by atoms with Crippen molar-refractivity contribution in [3.8, 4) is 23.0 Å². The molecule has 180 valence electrons. The molecular formula is C26H28O8. The summed E-state index contributed by atoms with van der Waals surface area (Å²) in [6.45, 7) is 8.26. The van der Waals surface area contributed by atoms with Crippen molar-refractivity contribution in [2.24, 2.45) is 0 Å². The zero-order valence-corrected chi connectivity index (χ0v) is 19.9. The van der Waals surface area contributed by atoms with Gasteiger partial charge in [-0.2, -0.15) is 0 Å². The van der Waals surface area contributed by atoms with Crippen molar-refractivity contribution >= 4 is 29.6 Å². The number of benzene rings is 2. The van der Waals surface area contributed by atoms with Gasteiger partial charge in [0.25, 0.3) is 0 Å². The summed E-state index contributed by atoms with van der Waals surface area (Å²) >= 11 is 0. The molecule has 0 saturated carbocycles. The standard InChI is InChI=1S/C26H28O8/c1-16(12-20-9-10-23(33-18(3)28)24(13-20)30-5)22-15-25(31-6)26(34-19(4)29)14-21(22)8-7-11-32-17(2)27/h7-10,13-15H,1,11-12H2,2-6H3/b8-7+. The van der Waals surface area contributed by atoms with Crippen LogP contribution in [0, 0.1) is 0 Å². The zero-order valence-electron chi connectivity index (χ0n) is 19.9. The molecule has 0 aliphatic carbocycles. The third-order valence-electron chi connectivity index (χ3n) is 4.55. The predicted octanol–water partition coefficient (Wildman–Crippen LogP) is 4.39. The van der Waals surface area contributed by atoms with Crippen LogP contribution in [0.3, 0.4) is 0 Å². The van der Waals surface area contributed by atoms with Crippen LogP contribution in [-0.2, 0) is 25.5 Å². The van der Waals surface area contributed by atoms with Crippen molar-refractivity contribution in [2.45, 2.75) is 27.2 Å². The molecule has 0 unspecified atom stereocenters. The molecule has 0 aliphatic heterocycles. The maximum absolute atomic E-state index is 11.5. The summed E-state index contributed by atoms with van der Waals surface area (Å²) in [5, 5.41) is 0. The van der Waals surface area contributed by atoms with Crippen molar-refractivity contribution in [2.75, 3.05) is 20.8 Å². The quantitative estimate of drug-likeness (QED) is 0.374. The fourth-order valence-corrected chi connectivity index (χ4v) is 3.16. The monoisotopic (exact) mass is 468 g/mol. The van der Waals surface area contributed by atoms with Gasteiger partial charge in [0.05, 0.1) is 14.2 Å². The summed E-state index contributed by atoms with van der Waals surface area (Å²) in [5.41, 5.74) is 3.05. The van der Waals surface area contributed by atoms with Gasteiger partial charge >= 0.3 is 17.9 Å². The lowest BCUT2D eigenvalue weighted by Crippen LogP contribution is -2.05. The molecule has 2 rings (SSSR count). The second-order valence-electron chi connectivity index (χ2n) is 7.25. The second-order valence-corrected chi connectivity index (χ2v) is 7.25. The highest BCUT2D eigenvalue weighted by Crippen LogP contribution is 2.36. The molecule has 0 amide bonds. The number of ether oxygens (including phenoxy) is 5. The SMILES string of the molecule is C=C(Cc1ccc(OC(C)=O)c(OC)c1)c1cc(OC)c(OC(C)=O)cc1/C=C/COC(C)=O. The minimum absolute atomic E-state index is 0.0883. The largest absolute Gasteiger partial charge is 0.493 e. The van der Waals surface area contributed by atoms with Crippen molar-refractivity contribution in [3.05, 3.63) is 59.7 Å². The van der Waals surface area contributed by atoms with E-state index in [-0.39, 0.29) is 12.4 Å². The summed E-state index contributed by atoms with van der Waals surface area (Å²) in [4.78, 5) is 33.9. The Balaban J connectivity index is 2.42. The Morgan fingerprint density at radius 3 is 2.03 bits per heavy atom. The molecule has 0 spiro atoms. The molecule has 0 saturated heterocycles. The molecule has 0 N–H and O–H groups in total. The number of hydrogen-bond donors (Lipinski definition) is 0. The van der Waals surface area contributed by atoms with E-state index < -0.39 is 17.9 Å². The summed E-state index contributed by atoms with van der Waals surface area (Å²) < 4.78 is 26.1. The van der Waals surface area contributed by atoms with E-state index in [0.717, 1.165) is 16.7 Å². The van der Waals surface area contributed by atoms with Gasteiger partial charge in [-0.3, -0.25) is 14.4 Å². The fourth-order valence-electron chi connectivity index (χ4n) is 3.16. The maximum atomic E-state index is 11.5. The molecule has 8 heteroatoms. The van der Waals surface area contributed by atoms with E-state index in [2.05, 4.69) is 6.58 Å². The normalized spacial score (nSPS) is 10.5. The lowest BCUT2D eigenvalue weighted by molar-refractivity contribution is -0.139. The Morgan fingerprint density at radius 1 is 0.824 bits per heavy atom. The first-order valence-corrected chi connectivity index (χ1v) is 10.4. The molecule has 2 aromatic rings. The van der Waals surface area contributed by atoms with E-state index >= 15 is 0 Å². The van der Waals surface area contributed by atoms with Crippen LogP contribution in [0.25, 0.3) is 11.6 Å². The fraction of sp³-hybridized carbons (Fsp3) is 0.269. The van der Waals surface area contributed by atoms with Crippen molar-refractivity contribution in [1.29, 1.82) is 0 Å². The highest BCUT2D eigenvalue weighted by atomic mass is 16.6. The Hall–Kier alpha value is -4.07. The highest BCUT2D eigenvalue weighted by molar-refractivity contribution is 5.79. The minimum atomic E-state index is -0.486. The van der Waals surface area contributed by atoms with Gasteiger partial charge in [-0.05, 0) is 59.0 Å². The molecule has 0 aromatic heterocycles. The van der Waals surface area contributed by atoms with Crippen LogP contribution >= 0.6 is 0 Å². The van der Waals surface area contributed by atoms with E-state index in [9.17, 15) is 14.4 Å². The molecule has 0 radical (unpaired) electrons. The number of esters is 3. The molecule has 8 nitrogen and oxygen atoms in total. The Kier molecular flexibility index (Phi) is 9.43. The van der Waals surface area contributed by atoms with Crippen molar-refractivity contribution in [1.82, 2.24) is 0 Å². The van der Waals surface area contributed by atoms with Gasteiger partial charge in [0.15, 0.2) is 23.0 Å². The molecule has 34 heavy (non-hydrogen) atoms. The van der Waals surface area contributed by atoms with Gasteiger partial charge in [0, 0.05) is 20.8 Å². The molecular weight excluding hydrogens is 440 g/mol. The number of allylic oxidation sites excluding steroid dienone is 1. The maximum Gasteiger partial charge on any atom is 0.308 e. The number of carbonyl (C=O) groups excluding carboxylic acids is 3. The second kappa shape index (κ2) is 12.2. The molecule has 0 heterocycles. The molecule has 0 aliphatic rings. The molecule has 0 bridgehead atoms. The highest BCUT2D eigenvalue weighted by Gasteiger charge is 2.16. The van der Waals surface area contributed by atoms with E-state index in [1.165, 1.54) is 35.0 Å². The Bertz CT molecular complexity index is 1110. The predicted molar refractivity (Wildman–Crippen MR) is 127 cm³/mol. The third kappa shape index (κ3) is 7.51. The van der Waals surface area contributed by atoms with Crippen LogP contribution in [0.1, 0.15) is 37.5 Å². The van der Waals surface area contributed by atoms with Crippen LogP contribution in [0.4, 0.5) is 0 Å². The lowest BCUT2D eigenvalue weighted by Gasteiger charge is -2.16. The first-order valence-electron chi connectivity index (χ1n) is 10.4. The van der Waals surface area contributed by atoms with E-state index in [4.69, 9.17) is 23.7 Å². The van der Waals surface area contributed by atoms with Crippen LogP contribution in [0.5, 0.6) is 23.0 Å². The van der Waals surface area contributed by atoms with Crippen molar-refractivity contribution < 1.29 is 38.1 Å². The summed E-state index contributed by atoms with van der Waals surface area (Å²) in [6, 6.07) is 8.63. The lowest BCUT2D eigenvalue weighted by atomic mass is 9.94. The smallest absolute Gasteiger partial charge is 0.308 e. The van der Waals surface area contributed by atoms with Crippen molar-refractivity contribution in [3.63, 3.8) is 0 Å². The summed E-state index contributed by atoms with van der Waals surface area (Å²) in [5.74, 6) is 0.0454. The zero-order chi connectivity index (χ0) is 25.3. The van der Waals surface area contributed by atoms with Crippen LogP contribution < -0.4 is 18.9 Å². The number of rotatable bonds is 10. The number of hydrogen-bond acceptors (Lipinski definition) is 8. The van der Waals surface area contributed by atoms with Gasteiger partial charge in [-0.15, -0.1) is 0 Å². The van der Waals surface area contributed by atoms with Crippen LogP contribution in [0.15, 0.2) is 43.0 Å². The number of carbonyl (C=O) groups is 3. The Labute approximate surface area is 198 Å². The average molecular weight is 469 g/mol. The topological polar surface area (TPSA) is 97.4 Å². The van der Waals surface area contributed by atoms with Crippen LogP contribution in [0.2, 0.25) is 0 Å². The van der Waals surface area contributed by atoms with Gasteiger partial charge in [0.1, 0.15) is 6.61 Å². The van der Waals surface area contributed by atoms with Gasteiger partial charge < -0.3 is 23.7 Å². The van der Waals surface area contributed by atoms with E-state index in [1.807, 2.05) is 6.07 Å². The van der Waals surface area contributed by atoms with E-state index in [1.54, 1.807) is 36.4 Å². The third-order valence-corrected chi connectivity index (χ3v) is 4.55. The van der Waals surface area contributed by atoms with Gasteiger partial charge in [-0.25, -0.2) is 0 Å². The Morgan fingerprint density at radius 2 is 1.44 bits per heavy atom. The van der Waals surface area contributed by atoms with Gasteiger partial charge in [-0.1, -0.05) is 18.7 Å². The van der Waals surface area contributed by atoms with Gasteiger partial charge in [0.2, 0.25) is 0 Å². The van der Waals surface area contributed by atoms with Crippen LogP contribution in [-0.4, -0.2) is 38.7 Å². The summed E-state index contributed by atoms with van der Waals surface area (Å²) in [6.07, 6.45) is 3.87. The number of methoxy groups -OCH3 is 2. The average Bonchev–Trinajstić information content (AvgIpc) is 2.76. The first-order chi connectivity index (χ1) is 16.1. The molecule has 0 atom stereocenters. The molecule has 0 fully saturated rings. The summed E-state index contributed by atoms with van der Waals surface area (Å²) in [7, 11) is 2.97. The minimum Gasteiger partial charge on any atom is -0.493 e. The first kappa shape index (κ1) is 26.2. The van der Waals surface area contributed by atoms with E-state index in [0.29, 0.717) is 29.2 Å². The molecule has 2 aromatic carbocycles.